The van der Waals surface area contributed by atoms with Gasteiger partial charge in [-0.2, -0.15) is 0 Å². The fraction of sp³-hybridized carbons (Fsp3) is 0.429. The van der Waals surface area contributed by atoms with E-state index in [0.29, 0.717) is 11.8 Å². The van der Waals surface area contributed by atoms with Crippen molar-refractivity contribution >= 4 is 11.6 Å². The Balaban J connectivity index is 2.01. The highest BCUT2D eigenvalue weighted by molar-refractivity contribution is 6.22. The monoisotopic (exact) mass is 264 g/mol. The van der Waals surface area contributed by atoms with Gasteiger partial charge in [-0.1, -0.05) is 50.1 Å². The summed E-state index contributed by atoms with van der Waals surface area (Å²) in [6.45, 7) is 2.17. The van der Waals surface area contributed by atoms with Crippen molar-refractivity contribution in [3.63, 3.8) is 0 Å². The number of rotatable bonds is 6. The number of hydrogen-bond acceptors (Lipinski definition) is 3. The molecule has 0 aliphatic heterocycles. The third kappa shape index (κ3) is 3.33. The van der Waals surface area contributed by atoms with Crippen LogP contribution in [0.4, 0.5) is 0 Å². The smallest absolute Gasteiger partial charge is 0.238 e. The Bertz CT molecular complexity index is 470. The summed E-state index contributed by atoms with van der Waals surface area (Å²) >= 11 is 6.31. The molecule has 0 spiro atoms. The zero-order chi connectivity index (χ0) is 12.8. The second-order valence-corrected chi connectivity index (χ2v) is 4.70. The molecule has 2 rings (SSSR count). The van der Waals surface area contributed by atoms with Crippen LogP contribution in [-0.2, 0) is 6.42 Å². The molecule has 0 N–H and O–H groups in total. The number of aromatic nitrogens is 2. The zero-order valence-corrected chi connectivity index (χ0v) is 11.2. The number of alkyl halides is 1. The van der Waals surface area contributed by atoms with Gasteiger partial charge in [0.2, 0.25) is 11.8 Å². The Kier molecular flexibility index (Phi) is 4.76. The second-order valence-electron chi connectivity index (χ2n) is 4.26. The summed E-state index contributed by atoms with van der Waals surface area (Å²) in [7, 11) is 0. The maximum absolute atomic E-state index is 6.31. The molecule has 18 heavy (non-hydrogen) atoms. The number of halogens is 1. The number of unbranched alkanes of at least 4 members (excludes halogenated alkanes) is 2. The van der Waals surface area contributed by atoms with Crippen LogP contribution in [0.1, 0.15) is 48.9 Å². The molecule has 2 aromatic rings. The maximum Gasteiger partial charge on any atom is 0.238 e. The first-order valence-corrected chi connectivity index (χ1v) is 6.76. The average molecular weight is 265 g/mol. The molecule has 0 saturated heterocycles. The Morgan fingerprint density at radius 3 is 2.67 bits per heavy atom. The summed E-state index contributed by atoms with van der Waals surface area (Å²) in [4.78, 5) is 0. The van der Waals surface area contributed by atoms with Crippen LogP contribution in [0.3, 0.4) is 0 Å². The van der Waals surface area contributed by atoms with Crippen LogP contribution in [0.25, 0.3) is 0 Å². The molecule has 0 aliphatic carbocycles. The van der Waals surface area contributed by atoms with Gasteiger partial charge in [0.1, 0.15) is 5.38 Å². The van der Waals surface area contributed by atoms with E-state index in [2.05, 4.69) is 17.1 Å². The molecular weight excluding hydrogens is 248 g/mol. The minimum Gasteiger partial charge on any atom is -0.423 e. The van der Waals surface area contributed by atoms with E-state index < -0.39 is 0 Å². The van der Waals surface area contributed by atoms with Crippen LogP contribution in [-0.4, -0.2) is 10.2 Å². The van der Waals surface area contributed by atoms with Crippen molar-refractivity contribution in [2.24, 2.45) is 0 Å². The molecule has 0 amide bonds. The predicted molar refractivity (Wildman–Crippen MR) is 71.7 cm³/mol. The van der Waals surface area contributed by atoms with Crippen molar-refractivity contribution in [3.05, 3.63) is 47.7 Å². The van der Waals surface area contributed by atoms with Crippen molar-refractivity contribution in [2.45, 2.75) is 38.0 Å². The van der Waals surface area contributed by atoms with E-state index >= 15 is 0 Å². The van der Waals surface area contributed by atoms with E-state index in [1.807, 2.05) is 30.3 Å². The Hall–Kier alpha value is -1.35. The fourth-order valence-corrected chi connectivity index (χ4v) is 1.99. The summed E-state index contributed by atoms with van der Waals surface area (Å²) in [5.74, 6) is 1.16. The number of benzene rings is 1. The first-order valence-electron chi connectivity index (χ1n) is 6.32. The van der Waals surface area contributed by atoms with Crippen LogP contribution < -0.4 is 0 Å². The van der Waals surface area contributed by atoms with Crippen molar-refractivity contribution in [2.75, 3.05) is 0 Å². The molecule has 1 heterocycles. The van der Waals surface area contributed by atoms with Gasteiger partial charge in [-0.25, -0.2) is 0 Å². The second kappa shape index (κ2) is 6.55. The highest BCUT2D eigenvalue weighted by atomic mass is 35.5. The highest BCUT2D eigenvalue weighted by Gasteiger charge is 2.17. The Morgan fingerprint density at radius 1 is 1.17 bits per heavy atom. The lowest BCUT2D eigenvalue weighted by Gasteiger charge is -2.03. The highest BCUT2D eigenvalue weighted by Crippen LogP contribution is 2.27. The number of nitrogens with zero attached hydrogens (tertiary/aromatic N) is 2. The van der Waals surface area contributed by atoms with Crippen LogP contribution in [0, 0.1) is 0 Å². The number of aryl methyl sites for hydroxylation is 1. The van der Waals surface area contributed by atoms with Gasteiger partial charge in [0.25, 0.3) is 0 Å². The zero-order valence-electron chi connectivity index (χ0n) is 10.5. The van der Waals surface area contributed by atoms with Gasteiger partial charge in [0.05, 0.1) is 0 Å². The van der Waals surface area contributed by atoms with E-state index in [4.69, 9.17) is 16.0 Å². The number of hydrogen-bond donors (Lipinski definition) is 0. The lowest BCUT2D eigenvalue weighted by Crippen LogP contribution is -1.92. The molecule has 96 valence electrons. The molecule has 0 aliphatic rings. The van der Waals surface area contributed by atoms with Gasteiger partial charge in [-0.05, 0) is 12.0 Å². The first kappa shape index (κ1) is 13.1. The Labute approximate surface area is 112 Å². The molecule has 1 unspecified atom stereocenters. The lowest BCUT2D eigenvalue weighted by atomic mass is 10.1. The van der Waals surface area contributed by atoms with Gasteiger partial charge in [0.15, 0.2) is 0 Å². The summed E-state index contributed by atoms with van der Waals surface area (Å²) in [6, 6.07) is 9.76. The van der Waals surface area contributed by atoms with Crippen LogP contribution in [0.5, 0.6) is 0 Å². The van der Waals surface area contributed by atoms with Gasteiger partial charge in [-0.3, -0.25) is 0 Å². The molecule has 4 heteroatoms. The third-order valence-corrected chi connectivity index (χ3v) is 3.22. The average Bonchev–Trinajstić information content (AvgIpc) is 2.88. The molecule has 0 saturated carbocycles. The predicted octanol–water partition coefficient (Wildman–Crippen LogP) is 4.13. The summed E-state index contributed by atoms with van der Waals surface area (Å²) in [5.41, 5.74) is 0.975. The van der Waals surface area contributed by atoms with Gasteiger partial charge in [-0.15, -0.1) is 21.8 Å². The quantitative estimate of drug-likeness (QED) is 0.582. The molecule has 1 atom stereocenters. The van der Waals surface area contributed by atoms with E-state index in [1.165, 1.54) is 12.8 Å². The molecular formula is C14H17ClN2O. The van der Waals surface area contributed by atoms with Crippen molar-refractivity contribution in [1.82, 2.24) is 10.2 Å². The van der Waals surface area contributed by atoms with Gasteiger partial charge in [0, 0.05) is 6.42 Å². The van der Waals surface area contributed by atoms with Crippen molar-refractivity contribution in [1.29, 1.82) is 0 Å². The van der Waals surface area contributed by atoms with E-state index in [1.54, 1.807) is 0 Å². The molecule has 0 bridgehead atoms. The summed E-state index contributed by atoms with van der Waals surface area (Å²) in [5, 5.41) is 7.69. The normalized spacial score (nSPS) is 12.6. The van der Waals surface area contributed by atoms with E-state index in [0.717, 1.165) is 18.4 Å². The largest absolute Gasteiger partial charge is 0.423 e. The molecule has 3 nitrogen and oxygen atoms in total. The molecule has 0 fully saturated rings. The summed E-state index contributed by atoms with van der Waals surface area (Å²) in [6.07, 6.45) is 4.28. The lowest BCUT2D eigenvalue weighted by molar-refractivity contribution is 0.446. The van der Waals surface area contributed by atoms with Crippen LogP contribution in [0.15, 0.2) is 34.7 Å². The van der Waals surface area contributed by atoms with Gasteiger partial charge < -0.3 is 4.42 Å². The van der Waals surface area contributed by atoms with Crippen molar-refractivity contribution in [3.8, 4) is 0 Å². The molecule has 1 aromatic heterocycles. The minimum atomic E-state index is -0.362. The van der Waals surface area contributed by atoms with Crippen LogP contribution >= 0.6 is 11.6 Å². The van der Waals surface area contributed by atoms with Crippen molar-refractivity contribution < 1.29 is 4.42 Å². The third-order valence-electron chi connectivity index (χ3n) is 2.79. The van der Waals surface area contributed by atoms with Crippen LogP contribution in [0.2, 0.25) is 0 Å². The summed E-state index contributed by atoms with van der Waals surface area (Å²) < 4.78 is 5.59. The minimum absolute atomic E-state index is 0.362. The van der Waals surface area contributed by atoms with Gasteiger partial charge >= 0.3 is 0 Å². The van der Waals surface area contributed by atoms with E-state index in [9.17, 15) is 0 Å². The fourth-order valence-electron chi connectivity index (χ4n) is 1.76. The van der Waals surface area contributed by atoms with E-state index in [-0.39, 0.29) is 5.38 Å². The topological polar surface area (TPSA) is 38.9 Å². The maximum atomic E-state index is 6.31. The standard InChI is InChI=1S/C14H17ClN2O/c1-2-3-5-10-12-16-17-14(18-12)13(15)11-8-6-4-7-9-11/h4,6-9,13H,2-3,5,10H2,1H3. The molecule has 0 radical (unpaired) electrons. The molecule has 1 aromatic carbocycles. The first-order chi connectivity index (χ1) is 8.81. The Morgan fingerprint density at radius 2 is 1.94 bits per heavy atom. The SMILES string of the molecule is CCCCCc1nnc(C(Cl)c2ccccc2)o1.